The Morgan fingerprint density at radius 2 is 1.94 bits per heavy atom. The van der Waals surface area contributed by atoms with Crippen LogP contribution in [0.4, 0.5) is 0 Å². The van der Waals surface area contributed by atoms with Gasteiger partial charge in [-0.3, -0.25) is 0 Å². The molecule has 0 saturated carbocycles. The summed E-state index contributed by atoms with van der Waals surface area (Å²) in [7, 11) is -2.99. The molecule has 5 heteroatoms. The molecule has 0 aromatic heterocycles. The van der Waals surface area contributed by atoms with Gasteiger partial charge in [-0.2, -0.15) is 0 Å². The third-order valence-electron chi connectivity index (χ3n) is 3.02. The molecular weight excluding hydrogens is 250 g/mol. The molecule has 1 aromatic rings. The summed E-state index contributed by atoms with van der Waals surface area (Å²) >= 11 is 0. The van der Waals surface area contributed by atoms with E-state index in [1.165, 1.54) is 0 Å². The number of rotatable bonds is 5. The third kappa shape index (κ3) is 3.71. The molecule has 0 radical (unpaired) electrons. The summed E-state index contributed by atoms with van der Waals surface area (Å²) in [5.74, 6) is 1.13. The average Bonchev–Trinajstić information content (AvgIpc) is 2.37. The van der Waals surface area contributed by atoms with E-state index in [0.29, 0.717) is 25.4 Å². The Morgan fingerprint density at radius 3 is 2.67 bits per heavy atom. The van der Waals surface area contributed by atoms with Crippen LogP contribution in [-0.2, 0) is 10.0 Å². The van der Waals surface area contributed by atoms with Gasteiger partial charge in [-0.15, -0.1) is 0 Å². The van der Waals surface area contributed by atoms with E-state index in [1.54, 1.807) is 4.31 Å². The first-order valence-corrected chi connectivity index (χ1v) is 7.95. The summed E-state index contributed by atoms with van der Waals surface area (Å²) in [4.78, 5) is 0. The van der Waals surface area contributed by atoms with Gasteiger partial charge in [-0.1, -0.05) is 18.2 Å². The second-order valence-electron chi connectivity index (χ2n) is 4.44. The molecule has 0 spiro atoms. The van der Waals surface area contributed by atoms with Crippen molar-refractivity contribution >= 4 is 10.0 Å². The molecule has 1 fully saturated rings. The number of nitrogens with zero attached hydrogens (tertiary/aromatic N) is 1. The van der Waals surface area contributed by atoms with Crippen molar-refractivity contribution < 1.29 is 13.2 Å². The normalized spacial score (nSPS) is 19.6. The number of benzene rings is 1. The van der Waals surface area contributed by atoms with E-state index in [9.17, 15) is 8.42 Å². The Bertz CT molecular complexity index is 458. The molecule has 0 atom stereocenters. The fourth-order valence-electron chi connectivity index (χ4n) is 2.04. The van der Waals surface area contributed by atoms with Crippen molar-refractivity contribution in [2.45, 2.75) is 19.3 Å². The molecule has 1 aliphatic heterocycles. The fraction of sp³-hybridized carbons (Fsp3) is 0.538. The standard InChI is InChI=1S/C13H19NO3S/c15-18(16)12-5-4-9-14(18)10-6-11-17-13-7-2-1-3-8-13/h1-3,7-8H,4-6,9-12H2. The fourth-order valence-corrected chi connectivity index (χ4v) is 3.68. The topological polar surface area (TPSA) is 46.6 Å². The Morgan fingerprint density at radius 1 is 1.17 bits per heavy atom. The minimum Gasteiger partial charge on any atom is -0.494 e. The second-order valence-corrected chi connectivity index (χ2v) is 6.53. The molecule has 1 aliphatic rings. The Balaban J connectivity index is 1.72. The SMILES string of the molecule is O=S1(=O)CCCCN1CCCOc1ccccc1. The van der Waals surface area contributed by atoms with Gasteiger partial charge in [-0.05, 0) is 31.4 Å². The van der Waals surface area contributed by atoms with Crippen LogP contribution in [0.3, 0.4) is 0 Å². The first-order chi connectivity index (χ1) is 8.68. The quantitative estimate of drug-likeness (QED) is 0.767. The van der Waals surface area contributed by atoms with Gasteiger partial charge in [0.2, 0.25) is 10.0 Å². The van der Waals surface area contributed by atoms with Gasteiger partial charge in [-0.25, -0.2) is 12.7 Å². The van der Waals surface area contributed by atoms with Crippen LogP contribution in [0.25, 0.3) is 0 Å². The number of hydrogen-bond acceptors (Lipinski definition) is 3. The highest BCUT2D eigenvalue weighted by Gasteiger charge is 2.24. The maximum absolute atomic E-state index is 11.7. The number of ether oxygens (including phenoxy) is 1. The van der Waals surface area contributed by atoms with Crippen LogP contribution in [0.15, 0.2) is 30.3 Å². The van der Waals surface area contributed by atoms with E-state index >= 15 is 0 Å². The van der Waals surface area contributed by atoms with Crippen LogP contribution < -0.4 is 4.74 Å². The van der Waals surface area contributed by atoms with Crippen molar-refractivity contribution in [2.75, 3.05) is 25.4 Å². The van der Waals surface area contributed by atoms with Gasteiger partial charge >= 0.3 is 0 Å². The molecule has 0 amide bonds. The lowest BCUT2D eigenvalue weighted by molar-refractivity contribution is 0.284. The minimum atomic E-state index is -2.99. The van der Waals surface area contributed by atoms with Gasteiger partial charge in [0, 0.05) is 13.1 Å². The number of sulfonamides is 1. The van der Waals surface area contributed by atoms with E-state index in [1.807, 2.05) is 30.3 Å². The maximum atomic E-state index is 11.7. The number of hydrogen-bond donors (Lipinski definition) is 0. The summed E-state index contributed by atoms with van der Waals surface area (Å²) in [5, 5.41) is 0. The molecule has 1 saturated heterocycles. The summed E-state index contributed by atoms with van der Waals surface area (Å²) in [6.07, 6.45) is 2.49. The zero-order valence-corrected chi connectivity index (χ0v) is 11.2. The van der Waals surface area contributed by atoms with Crippen LogP contribution in [0.5, 0.6) is 5.75 Å². The monoisotopic (exact) mass is 269 g/mol. The smallest absolute Gasteiger partial charge is 0.214 e. The largest absolute Gasteiger partial charge is 0.494 e. The molecule has 0 N–H and O–H groups in total. The Hall–Kier alpha value is -1.07. The highest BCUT2D eigenvalue weighted by molar-refractivity contribution is 7.89. The highest BCUT2D eigenvalue weighted by atomic mass is 32.2. The highest BCUT2D eigenvalue weighted by Crippen LogP contribution is 2.14. The first-order valence-electron chi connectivity index (χ1n) is 6.34. The molecule has 2 rings (SSSR count). The van der Waals surface area contributed by atoms with Crippen LogP contribution in [0, 0.1) is 0 Å². The lowest BCUT2D eigenvalue weighted by atomic mass is 10.3. The number of para-hydroxylation sites is 1. The summed E-state index contributed by atoms with van der Waals surface area (Å²) < 4.78 is 30.6. The molecule has 18 heavy (non-hydrogen) atoms. The zero-order valence-electron chi connectivity index (χ0n) is 10.4. The molecule has 0 bridgehead atoms. The summed E-state index contributed by atoms with van der Waals surface area (Å²) in [5.41, 5.74) is 0. The van der Waals surface area contributed by atoms with Crippen LogP contribution >= 0.6 is 0 Å². The van der Waals surface area contributed by atoms with Gasteiger partial charge in [0.1, 0.15) is 5.75 Å². The van der Waals surface area contributed by atoms with E-state index in [0.717, 1.165) is 25.0 Å². The zero-order chi connectivity index (χ0) is 12.8. The first kappa shape index (κ1) is 13.4. The summed E-state index contributed by atoms with van der Waals surface area (Å²) in [6, 6.07) is 9.58. The van der Waals surface area contributed by atoms with Gasteiger partial charge < -0.3 is 4.74 Å². The molecule has 0 aliphatic carbocycles. The van der Waals surface area contributed by atoms with Crippen molar-refractivity contribution in [3.63, 3.8) is 0 Å². The average molecular weight is 269 g/mol. The lowest BCUT2D eigenvalue weighted by Crippen LogP contribution is -2.38. The second kappa shape index (κ2) is 6.20. The van der Waals surface area contributed by atoms with Crippen LogP contribution in [0.2, 0.25) is 0 Å². The van der Waals surface area contributed by atoms with Crippen molar-refractivity contribution in [3.05, 3.63) is 30.3 Å². The van der Waals surface area contributed by atoms with Crippen molar-refractivity contribution in [2.24, 2.45) is 0 Å². The van der Waals surface area contributed by atoms with E-state index in [2.05, 4.69) is 0 Å². The van der Waals surface area contributed by atoms with E-state index in [-0.39, 0.29) is 0 Å². The molecule has 0 unspecified atom stereocenters. The van der Waals surface area contributed by atoms with Crippen molar-refractivity contribution in [3.8, 4) is 5.75 Å². The molecule has 1 heterocycles. The minimum absolute atomic E-state index is 0.298. The van der Waals surface area contributed by atoms with Crippen LogP contribution in [-0.4, -0.2) is 38.2 Å². The lowest BCUT2D eigenvalue weighted by Gasteiger charge is -2.26. The Kier molecular flexibility index (Phi) is 4.60. The summed E-state index contributed by atoms with van der Waals surface area (Å²) in [6.45, 7) is 1.78. The van der Waals surface area contributed by atoms with Crippen molar-refractivity contribution in [1.29, 1.82) is 0 Å². The van der Waals surface area contributed by atoms with Gasteiger partial charge in [0.15, 0.2) is 0 Å². The molecular formula is C13H19NO3S. The third-order valence-corrected chi connectivity index (χ3v) is 4.97. The predicted octanol–water partition coefficient (Wildman–Crippen LogP) is 1.88. The molecule has 4 nitrogen and oxygen atoms in total. The Labute approximate surface area is 109 Å². The van der Waals surface area contributed by atoms with Gasteiger partial charge in [0.05, 0.1) is 12.4 Å². The van der Waals surface area contributed by atoms with Crippen molar-refractivity contribution in [1.82, 2.24) is 4.31 Å². The predicted molar refractivity (Wildman–Crippen MR) is 71.1 cm³/mol. The molecule has 1 aromatic carbocycles. The van der Waals surface area contributed by atoms with Crippen LogP contribution in [0.1, 0.15) is 19.3 Å². The maximum Gasteiger partial charge on any atom is 0.214 e. The van der Waals surface area contributed by atoms with E-state index < -0.39 is 10.0 Å². The van der Waals surface area contributed by atoms with E-state index in [4.69, 9.17) is 4.74 Å². The van der Waals surface area contributed by atoms with Gasteiger partial charge in [0.25, 0.3) is 0 Å². The molecule has 100 valence electrons.